The van der Waals surface area contributed by atoms with Gasteiger partial charge in [-0.3, -0.25) is 4.79 Å². The van der Waals surface area contributed by atoms with Crippen molar-refractivity contribution in [3.8, 4) is 0 Å². The molecule has 1 unspecified atom stereocenters. The minimum Gasteiger partial charge on any atom is -0.453 e. The largest absolute Gasteiger partial charge is 0.453 e. The number of hydrogen-bond acceptors (Lipinski definition) is 8. The van der Waals surface area contributed by atoms with Crippen molar-refractivity contribution in [3.63, 3.8) is 0 Å². The second-order valence-corrected chi connectivity index (χ2v) is 18.3. The van der Waals surface area contributed by atoms with Crippen LogP contribution in [-0.2, 0) is 20.0 Å². The molecule has 3 aromatic rings. The van der Waals surface area contributed by atoms with Gasteiger partial charge >= 0.3 is 6.09 Å². The number of carbonyl (C=O) groups is 2. The summed E-state index contributed by atoms with van der Waals surface area (Å²) in [7, 11) is 1.02. The first-order valence-electron chi connectivity index (χ1n) is 19.9. The van der Waals surface area contributed by atoms with Crippen molar-refractivity contribution >= 4 is 27.5 Å². The van der Waals surface area contributed by atoms with E-state index in [9.17, 15) is 18.0 Å². The van der Waals surface area contributed by atoms with Gasteiger partial charge in [0.05, 0.1) is 16.9 Å². The molecule has 4 aliphatic rings. The molecule has 7 rings (SSSR count). The molecule has 3 saturated heterocycles. The minimum absolute atomic E-state index is 0.0137. The summed E-state index contributed by atoms with van der Waals surface area (Å²) in [6.07, 6.45) is 6.83. The van der Waals surface area contributed by atoms with Crippen molar-refractivity contribution in [2.45, 2.75) is 66.2 Å². The number of sulfone groups is 1. The molecule has 0 radical (unpaired) electrons. The predicted octanol–water partition coefficient (Wildman–Crippen LogP) is 6.07. The third-order valence-electron chi connectivity index (χ3n) is 12.9. The van der Waals surface area contributed by atoms with Gasteiger partial charge in [0, 0.05) is 63.0 Å². The zero-order chi connectivity index (χ0) is 38.7. The van der Waals surface area contributed by atoms with Crippen molar-refractivity contribution in [1.29, 1.82) is 0 Å². The van der Waals surface area contributed by atoms with Gasteiger partial charge < -0.3 is 29.7 Å². The fourth-order valence-electron chi connectivity index (χ4n) is 9.96. The Balaban J connectivity index is 1.00. The van der Waals surface area contributed by atoms with E-state index in [1.807, 2.05) is 18.2 Å². The number of benzene rings is 3. The highest BCUT2D eigenvalue weighted by Gasteiger charge is 2.53. The second kappa shape index (κ2) is 16.6. The Morgan fingerprint density at radius 1 is 0.855 bits per heavy atom. The number of piperidine rings is 1. The van der Waals surface area contributed by atoms with Crippen LogP contribution in [-0.4, -0.2) is 115 Å². The molecule has 2 amide bonds. The molecule has 3 aromatic carbocycles. The van der Waals surface area contributed by atoms with Crippen LogP contribution in [0.2, 0.25) is 0 Å². The lowest BCUT2D eigenvalue weighted by Gasteiger charge is -2.53. The van der Waals surface area contributed by atoms with E-state index >= 15 is 4.39 Å². The molecule has 12 heteroatoms. The normalized spacial score (nSPS) is 23.6. The van der Waals surface area contributed by atoms with E-state index in [0.29, 0.717) is 17.4 Å². The molecule has 1 saturated carbocycles. The van der Waals surface area contributed by atoms with Gasteiger partial charge in [0.1, 0.15) is 5.82 Å². The van der Waals surface area contributed by atoms with Crippen molar-refractivity contribution in [3.05, 3.63) is 89.7 Å². The Morgan fingerprint density at radius 3 is 2.16 bits per heavy atom. The highest BCUT2D eigenvalue weighted by Crippen LogP contribution is 2.51. The van der Waals surface area contributed by atoms with Crippen LogP contribution in [0, 0.1) is 23.6 Å². The van der Waals surface area contributed by atoms with Gasteiger partial charge in [-0.15, -0.1) is 0 Å². The maximum absolute atomic E-state index is 15.0. The summed E-state index contributed by atoms with van der Waals surface area (Å²) in [5, 5.41) is 3.19. The molecule has 1 aliphatic carbocycles. The average Bonchev–Trinajstić information content (AvgIpc) is 3.85. The van der Waals surface area contributed by atoms with Gasteiger partial charge in [0.25, 0.3) is 5.91 Å². The fourth-order valence-corrected chi connectivity index (χ4v) is 11.2. The van der Waals surface area contributed by atoms with E-state index in [1.54, 1.807) is 44.4 Å². The van der Waals surface area contributed by atoms with Crippen LogP contribution in [0.3, 0.4) is 0 Å². The fraction of sp³-hybridized carbons (Fsp3) is 0.535. The van der Waals surface area contributed by atoms with Gasteiger partial charge in [-0.2, -0.15) is 0 Å². The van der Waals surface area contributed by atoms with Crippen LogP contribution in [0.4, 0.5) is 14.9 Å². The van der Waals surface area contributed by atoms with Crippen LogP contribution in [0.5, 0.6) is 0 Å². The lowest BCUT2D eigenvalue weighted by atomic mass is 9.57. The third kappa shape index (κ3) is 8.27. The van der Waals surface area contributed by atoms with Crippen molar-refractivity contribution in [2.75, 3.05) is 78.5 Å². The molecule has 296 valence electrons. The maximum Gasteiger partial charge on any atom is 0.407 e. The monoisotopic (exact) mass is 773 g/mol. The number of nitrogens with zero attached hydrogens (tertiary/aromatic N) is 4. The quantitative estimate of drug-likeness (QED) is 0.237. The molecule has 0 spiro atoms. The van der Waals surface area contributed by atoms with Crippen molar-refractivity contribution in [2.24, 2.45) is 17.8 Å². The number of methoxy groups -OCH3 is 1. The van der Waals surface area contributed by atoms with E-state index in [0.717, 1.165) is 102 Å². The van der Waals surface area contributed by atoms with Crippen molar-refractivity contribution in [1.82, 2.24) is 20.0 Å². The zero-order valence-electron chi connectivity index (χ0n) is 32.5. The smallest absolute Gasteiger partial charge is 0.407 e. The topological polar surface area (TPSA) is 102 Å². The Hall–Kier alpha value is -4.00. The van der Waals surface area contributed by atoms with Crippen molar-refractivity contribution < 1.29 is 27.1 Å². The first-order chi connectivity index (χ1) is 26.5. The molecule has 0 bridgehead atoms. The Kier molecular flexibility index (Phi) is 11.9. The number of hydrogen-bond donors (Lipinski definition) is 1. The Morgan fingerprint density at radius 2 is 1.55 bits per heavy atom. The number of likely N-dealkylation sites (tertiary alicyclic amines) is 2. The summed E-state index contributed by atoms with van der Waals surface area (Å²) in [5.41, 5.74) is 2.25. The standard InChI is InChI=1S/C43H56FN5O5S/c1-46(2)41(50)32-11-15-37(16-12-32)55(52,53)38-17-13-36(14-18-38)49-26-19-31(29-49)28-47-24-20-33(21-25-47)43(30-48-22-6-23-48,34-7-4-8-35(44)27-34)39-9-5-10-40(39)45-42(51)54-3/h4,7-8,11-18,27,31,33,39-40H,5-6,9-10,19-26,28-30H2,1-3H3,(H,45,51)/t31-,39-,40-,43?/m0/s1. The summed E-state index contributed by atoms with van der Waals surface area (Å²) in [6.45, 7) is 7.81. The van der Waals surface area contributed by atoms with Crippen LogP contribution in [0.15, 0.2) is 82.6 Å². The number of ether oxygens (including phenoxy) is 1. The maximum atomic E-state index is 15.0. The molecule has 1 N–H and O–H groups in total. The number of halogens is 1. The summed E-state index contributed by atoms with van der Waals surface area (Å²) in [4.78, 5) is 34.1. The van der Waals surface area contributed by atoms with Crippen LogP contribution in [0.25, 0.3) is 0 Å². The Bertz CT molecular complexity index is 1910. The molecule has 0 aromatic heterocycles. The first-order valence-corrected chi connectivity index (χ1v) is 21.4. The third-order valence-corrected chi connectivity index (χ3v) is 14.7. The van der Waals surface area contributed by atoms with E-state index in [-0.39, 0.29) is 38.9 Å². The molecule has 4 fully saturated rings. The van der Waals surface area contributed by atoms with E-state index in [4.69, 9.17) is 4.74 Å². The van der Waals surface area contributed by atoms with Gasteiger partial charge in [-0.25, -0.2) is 17.6 Å². The van der Waals surface area contributed by atoms with Crippen LogP contribution >= 0.6 is 0 Å². The number of amides is 2. The lowest BCUT2D eigenvalue weighted by Crippen LogP contribution is -2.59. The first kappa shape index (κ1) is 39.2. The van der Waals surface area contributed by atoms with E-state index in [2.05, 4.69) is 26.1 Å². The van der Waals surface area contributed by atoms with Gasteiger partial charge in [-0.05, 0) is 149 Å². The minimum atomic E-state index is -3.72. The number of carbonyl (C=O) groups excluding carboxylic acids is 2. The van der Waals surface area contributed by atoms with Crippen LogP contribution in [0.1, 0.15) is 60.9 Å². The average molecular weight is 774 g/mol. The highest BCUT2D eigenvalue weighted by molar-refractivity contribution is 7.91. The summed E-state index contributed by atoms with van der Waals surface area (Å²) >= 11 is 0. The van der Waals surface area contributed by atoms with E-state index in [1.165, 1.54) is 36.6 Å². The van der Waals surface area contributed by atoms with Crippen LogP contribution < -0.4 is 10.2 Å². The number of anilines is 1. The molecule has 3 aliphatic heterocycles. The highest BCUT2D eigenvalue weighted by atomic mass is 32.2. The summed E-state index contributed by atoms with van der Waals surface area (Å²) in [6, 6.07) is 20.6. The molecule has 3 heterocycles. The van der Waals surface area contributed by atoms with Gasteiger partial charge in [-0.1, -0.05) is 18.6 Å². The number of alkyl carbamates (subject to hydrolysis) is 1. The molecular weight excluding hydrogens is 718 g/mol. The van der Waals surface area contributed by atoms with E-state index < -0.39 is 15.9 Å². The second-order valence-electron chi connectivity index (χ2n) is 16.4. The number of nitrogens with one attached hydrogen (secondary N) is 1. The van der Waals surface area contributed by atoms with Gasteiger partial charge in [0.2, 0.25) is 9.84 Å². The molecule has 10 nitrogen and oxygen atoms in total. The molecule has 55 heavy (non-hydrogen) atoms. The molecular formula is C43H56FN5O5S. The molecule has 4 atom stereocenters. The SMILES string of the molecule is COC(=O)N[C@H]1CCC[C@@H]1C(CN1CCC1)(c1cccc(F)c1)C1CCN(C[C@@H]2CCN(c3ccc(S(=O)(=O)c4ccc(C(=O)N(C)C)cc4)cc3)C2)CC1. The summed E-state index contributed by atoms with van der Waals surface area (Å²) < 4.78 is 46.9. The predicted molar refractivity (Wildman–Crippen MR) is 212 cm³/mol. The summed E-state index contributed by atoms with van der Waals surface area (Å²) in [5.74, 6) is 0.663. The number of rotatable bonds is 12. The zero-order valence-corrected chi connectivity index (χ0v) is 33.3. The Labute approximate surface area is 325 Å². The lowest BCUT2D eigenvalue weighted by molar-refractivity contribution is 0.0235. The van der Waals surface area contributed by atoms with Gasteiger partial charge in [0.15, 0.2) is 0 Å².